The minimum Gasteiger partial charge on any atom is -0.508 e. The molecule has 0 saturated carbocycles. The fraction of sp³-hybridized carbons (Fsp3) is 0.143. The summed E-state index contributed by atoms with van der Waals surface area (Å²) < 4.78 is 0. The van der Waals surface area contributed by atoms with Gasteiger partial charge in [0.15, 0.2) is 0 Å². The number of phenols is 3. The van der Waals surface area contributed by atoms with Crippen molar-refractivity contribution < 1.29 is 15.3 Å². The molecule has 0 unspecified atom stereocenters. The van der Waals surface area contributed by atoms with Crippen LogP contribution in [0.2, 0.25) is 0 Å². The topological polar surface area (TPSA) is 60.7 Å². The highest BCUT2D eigenvalue weighted by atomic mass is 16.3. The first-order valence-corrected chi connectivity index (χ1v) is 8.06. The number of fused-ring (bicyclic) bond motifs is 3. The van der Waals surface area contributed by atoms with Crippen LogP contribution < -0.4 is 0 Å². The summed E-state index contributed by atoms with van der Waals surface area (Å²) in [6.45, 7) is 0. The zero-order valence-electron chi connectivity index (χ0n) is 13.2. The van der Waals surface area contributed by atoms with Crippen LogP contribution in [0, 0.1) is 0 Å². The second kappa shape index (κ2) is 5.60. The predicted octanol–water partition coefficient (Wildman–Crippen LogP) is 4.16. The van der Waals surface area contributed by atoms with Gasteiger partial charge in [0.2, 0.25) is 0 Å². The van der Waals surface area contributed by atoms with E-state index in [1.165, 1.54) is 5.56 Å². The molecule has 1 aliphatic rings. The van der Waals surface area contributed by atoms with Crippen molar-refractivity contribution in [3.05, 3.63) is 76.9 Å². The zero-order valence-corrected chi connectivity index (χ0v) is 13.2. The average Bonchev–Trinajstić information content (AvgIpc) is 2.58. The number of rotatable bonds is 2. The van der Waals surface area contributed by atoms with Crippen LogP contribution in [-0.4, -0.2) is 15.3 Å². The fourth-order valence-corrected chi connectivity index (χ4v) is 3.54. The molecule has 3 nitrogen and oxygen atoms in total. The van der Waals surface area contributed by atoms with E-state index < -0.39 is 0 Å². The molecule has 3 heteroatoms. The van der Waals surface area contributed by atoms with Gasteiger partial charge in [0, 0.05) is 12.0 Å². The molecule has 3 aromatic carbocycles. The van der Waals surface area contributed by atoms with Gasteiger partial charge in [0.1, 0.15) is 17.2 Å². The van der Waals surface area contributed by atoms with Gasteiger partial charge in [-0.3, -0.25) is 0 Å². The van der Waals surface area contributed by atoms with E-state index in [2.05, 4.69) is 0 Å². The summed E-state index contributed by atoms with van der Waals surface area (Å²) in [5.74, 6) is 0.844. The molecule has 1 aliphatic carbocycles. The Balaban J connectivity index is 1.81. The Morgan fingerprint density at radius 2 is 1.42 bits per heavy atom. The largest absolute Gasteiger partial charge is 0.508 e. The molecule has 0 aromatic heterocycles. The molecule has 0 fully saturated rings. The molecule has 0 spiro atoms. The summed E-state index contributed by atoms with van der Waals surface area (Å²) in [5, 5.41) is 29.5. The van der Waals surface area contributed by atoms with Gasteiger partial charge >= 0.3 is 0 Å². The molecule has 4 rings (SSSR count). The van der Waals surface area contributed by atoms with E-state index in [1.54, 1.807) is 24.3 Å². The van der Waals surface area contributed by atoms with Crippen molar-refractivity contribution in [1.82, 2.24) is 0 Å². The average molecular weight is 318 g/mol. The third-order valence-corrected chi connectivity index (χ3v) is 4.75. The third-order valence-electron chi connectivity index (χ3n) is 4.75. The summed E-state index contributed by atoms with van der Waals surface area (Å²) in [5.41, 5.74) is 6.55. The summed E-state index contributed by atoms with van der Waals surface area (Å²) in [4.78, 5) is 0. The molecule has 0 aliphatic heterocycles. The Kier molecular flexibility index (Phi) is 3.42. The Morgan fingerprint density at radius 3 is 2.21 bits per heavy atom. The van der Waals surface area contributed by atoms with Crippen molar-refractivity contribution in [2.75, 3.05) is 0 Å². The predicted molar refractivity (Wildman–Crippen MR) is 93.5 cm³/mol. The van der Waals surface area contributed by atoms with E-state index >= 15 is 0 Å². The molecular formula is C21H18O3. The van der Waals surface area contributed by atoms with Crippen molar-refractivity contribution in [1.29, 1.82) is 0 Å². The highest BCUT2D eigenvalue weighted by Crippen LogP contribution is 2.40. The Hall–Kier alpha value is -2.94. The van der Waals surface area contributed by atoms with Gasteiger partial charge in [-0.1, -0.05) is 24.3 Å². The number of aryl methyl sites for hydroxylation is 1. The molecule has 0 atom stereocenters. The summed E-state index contributed by atoms with van der Waals surface area (Å²) >= 11 is 0. The van der Waals surface area contributed by atoms with Crippen LogP contribution in [0.5, 0.6) is 17.2 Å². The molecule has 120 valence electrons. The number of aromatic hydroxyl groups is 3. The van der Waals surface area contributed by atoms with Crippen LogP contribution >= 0.6 is 0 Å². The van der Waals surface area contributed by atoms with Crippen molar-refractivity contribution >= 4 is 0 Å². The van der Waals surface area contributed by atoms with Crippen LogP contribution in [-0.2, 0) is 19.3 Å². The first-order valence-electron chi connectivity index (χ1n) is 8.06. The molecule has 24 heavy (non-hydrogen) atoms. The van der Waals surface area contributed by atoms with E-state index in [1.807, 2.05) is 30.3 Å². The quantitative estimate of drug-likeness (QED) is 0.665. The van der Waals surface area contributed by atoms with E-state index in [0.29, 0.717) is 17.9 Å². The van der Waals surface area contributed by atoms with Crippen molar-refractivity contribution in [3.63, 3.8) is 0 Å². The maximum Gasteiger partial charge on any atom is 0.119 e. The molecule has 0 radical (unpaired) electrons. The summed E-state index contributed by atoms with van der Waals surface area (Å²) in [6, 6.07) is 16.3. The van der Waals surface area contributed by atoms with Gasteiger partial charge in [0.05, 0.1) is 0 Å². The maximum absolute atomic E-state index is 10.4. The Labute approximate surface area is 140 Å². The second-order valence-corrected chi connectivity index (χ2v) is 6.27. The highest BCUT2D eigenvalue weighted by Gasteiger charge is 2.21. The molecule has 0 heterocycles. The lowest BCUT2D eigenvalue weighted by Gasteiger charge is -2.23. The second-order valence-electron chi connectivity index (χ2n) is 6.27. The molecule has 0 bridgehead atoms. The normalized spacial score (nSPS) is 12.5. The lowest BCUT2D eigenvalue weighted by atomic mass is 9.81. The minimum atomic E-state index is 0.242. The summed E-state index contributed by atoms with van der Waals surface area (Å²) in [7, 11) is 0. The van der Waals surface area contributed by atoms with Crippen molar-refractivity contribution in [2.45, 2.75) is 19.3 Å². The molecular weight excluding hydrogens is 300 g/mol. The Bertz CT molecular complexity index is 911. The van der Waals surface area contributed by atoms with Crippen LogP contribution in [0.15, 0.2) is 54.6 Å². The lowest BCUT2D eigenvalue weighted by Crippen LogP contribution is -2.08. The SMILES string of the molecule is Oc1ccc(Cc2c(O)ccc3c2CCc2cc(O)ccc2-3)cc1. The van der Waals surface area contributed by atoms with Gasteiger partial charge in [-0.15, -0.1) is 0 Å². The minimum absolute atomic E-state index is 0.242. The monoisotopic (exact) mass is 318 g/mol. The fourth-order valence-electron chi connectivity index (χ4n) is 3.54. The lowest BCUT2D eigenvalue weighted by molar-refractivity contribution is 0.467. The van der Waals surface area contributed by atoms with Crippen LogP contribution in [0.1, 0.15) is 22.3 Å². The number of hydrogen-bond acceptors (Lipinski definition) is 3. The van der Waals surface area contributed by atoms with Gasteiger partial charge in [0.25, 0.3) is 0 Å². The first kappa shape index (κ1) is 14.6. The van der Waals surface area contributed by atoms with Crippen LogP contribution in [0.3, 0.4) is 0 Å². The molecule has 3 N–H and O–H groups in total. The van der Waals surface area contributed by atoms with E-state index in [9.17, 15) is 15.3 Å². The van der Waals surface area contributed by atoms with Gasteiger partial charge in [-0.25, -0.2) is 0 Å². The zero-order chi connectivity index (χ0) is 16.7. The summed E-state index contributed by atoms with van der Waals surface area (Å²) in [6.07, 6.45) is 2.32. The smallest absolute Gasteiger partial charge is 0.119 e. The van der Waals surface area contributed by atoms with Gasteiger partial charge < -0.3 is 15.3 Å². The number of hydrogen-bond donors (Lipinski definition) is 3. The van der Waals surface area contributed by atoms with Crippen molar-refractivity contribution in [3.8, 4) is 28.4 Å². The van der Waals surface area contributed by atoms with Crippen LogP contribution in [0.25, 0.3) is 11.1 Å². The van der Waals surface area contributed by atoms with E-state index in [4.69, 9.17) is 0 Å². The first-order chi connectivity index (χ1) is 11.6. The van der Waals surface area contributed by atoms with E-state index in [0.717, 1.165) is 40.7 Å². The number of phenolic OH excluding ortho intramolecular Hbond substituents is 3. The third kappa shape index (κ3) is 2.48. The molecule has 0 amide bonds. The Morgan fingerprint density at radius 1 is 0.708 bits per heavy atom. The van der Waals surface area contributed by atoms with Gasteiger partial charge in [-0.2, -0.15) is 0 Å². The standard InChI is InChI=1S/C21H18O3/c22-15-4-1-13(2-5-15)11-20-19-7-3-14-12-16(23)6-8-17(14)18(19)9-10-21(20)24/h1-2,4-6,8-10,12,22-24H,3,7,11H2. The van der Waals surface area contributed by atoms with Crippen LogP contribution in [0.4, 0.5) is 0 Å². The number of benzene rings is 3. The van der Waals surface area contributed by atoms with E-state index in [-0.39, 0.29) is 5.75 Å². The van der Waals surface area contributed by atoms with Crippen molar-refractivity contribution in [2.24, 2.45) is 0 Å². The van der Waals surface area contributed by atoms with Gasteiger partial charge in [-0.05, 0) is 71.0 Å². The highest BCUT2D eigenvalue weighted by molar-refractivity contribution is 5.76. The maximum atomic E-state index is 10.4. The molecule has 0 saturated heterocycles. The molecule has 3 aromatic rings.